The largest absolute Gasteiger partial charge is 0.464 e. The molecule has 0 aromatic rings. The van der Waals surface area contributed by atoms with Crippen molar-refractivity contribution >= 4 is 11.9 Å². The summed E-state index contributed by atoms with van der Waals surface area (Å²) in [6.45, 7) is 4.58. The van der Waals surface area contributed by atoms with Crippen molar-refractivity contribution in [3.63, 3.8) is 0 Å². The molecule has 0 radical (unpaired) electrons. The molecule has 2 atom stereocenters. The van der Waals surface area contributed by atoms with Gasteiger partial charge in [0.05, 0.1) is 12.6 Å². The van der Waals surface area contributed by atoms with E-state index in [1.165, 1.54) is 0 Å². The first-order chi connectivity index (χ1) is 9.06. The molecule has 0 spiro atoms. The minimum Gasteiger partial charge on any atom is -0.464 e. The smallest absolute Gasteiger partial charge is 0.328 e. The average molecular weight is 273 g/mol. The number of amides is 1. The van der Waals surface area contributed by atoms with Gasteiger partial charge in [-0.2, -0.15) is 0 Å². The first-order valence-electron chi connectivity index (χ1n) is 6.99. The predicted octanol–water partition coefficient (Wildman–Crippen LogP) is 0.291. The van der Waals surface area contributed by atoms with Crippen LogP contribution in [0.4, 0.5) is 0 Å². The van der Waals surface area contributed by atoms with Gasteiger partial charge in [0, 0.05) is 0 Å². The number of unbranched alkanes of at least 4 members (excludes halogenated alkanes) is 1. The van der Waals surface area contributed by atoms with Crippen LogP contribution in [-0.2, 0) is 14.3 Å². The van der Waals surface area contributed by atoms with E-state index in [1.807, 2.05) is 6.92 Å². The van der Waals surface area contributed by atoms with E-state index in [9.17, 15) is 9.59 Å². The molecule has 0 fully saturated rings. The Morgan fingerprint density at radius 1 is 1.21 bits per heavy atom. The van der Waals surface area contributed by atoms with Crippen LogP contribution in [0.1, 0.15) is 46.0 Å². The van der Waals surface area contributed by atoms with Gasteiger partial charge in [0.2, 0.25) is 5.91 Å². The molecule has 0 saturated carbocycles. The third-order valence-electron chi connectivity index (χ3n) is 2.77. The predicted molar refractivity (Wildman–Crippen MR) is 74.4 cm³/mol. The highest BCUT2D eigenvalue weighted by Gasteiger charge is 2.23. The van der Waals surface area contributed by atoms with Crippen molar-refractivity contribution in [3.05, 3.63) is 0 Å². The van der Waals surface area contributed by atoms with Crippen LogP contribution in [0.15, 0.2) is 0 Å². The van der Waals surface area contributed by atoms with Crippen LogP contribution in [0.25, 0.3) is 0 Å². The van der Waals surface area contributed by atoms with Crippen LogP contribution in [0.3, 0.4) is 0 Å². The molecule has 0 bridgehead atoms. The summed E-state index contributed by atoms with van der Waals surface area (Å²) in [7, 11) is 0. The SMILES string of the molecule is CCC[C@H](NC(=O)[C@@H](N)CCCCN)C(=O)OCC. The molecule has 6 nitrogen and oxygen atoms in total. The first kappa shape index (κ1) is 17.9. The third-order valence-corrected chi connectivity index (χ3v) is 2.77. The van der Waals surface area contributed by atoms with Gasteiger partial charge in [0.1, 0.15) is 6.04 Å². The number of carbonyl (C=O) groups excluding carboxylic acids is 2. The summed E-state index contributed by atoms with van der Waals surface area (Å²) in [5.74, 6) is -0.699. The molecule has 6 heteroatoms. The lowest BCUT2D eigenvalue weighted by Crippen LogP contribution is -2.48. The van der Waals surface area contributed by atoms with Gasteiger partial charge in [0.15, 0.2) is 0 Å². The summed E-state index contributed by atoms with van der Waals surface area (Å²) in [4.78, 5) is 23.5. The highest BCUT2D eigenvalue weighted by Crippen LogP contribution is 2.03. The normalized spacial score (nSPS) is 13.7. The van der Waals surface area contributed by atoms with Crippen LogP contribution in [0, 0.1) is 0 Å². The molecule has 0 rings (SSSR count). The van der Waals surface area contributed by atoms with Gasteiger partial charge in [-0.15, -0.1) is 0 Å². The van der Waals surface area contributed by atoms with Gasteiger partial charge in [0.25, 0.3) is 0 Å². The number of carbonyl (C=O) groups is 2. The van der Waals surface area contributed by atoms with E-state index < -0.39 is 18.1 Å². The molecule has 0 aliphatic rings. The molecule has 1 amide bonds. The zero-order valence-electron chi connectivity index (χ0n) is 12.0. The molecule has 0 aromatic carbocycles. The maximum Gasteiger partial charge on any atom is 0.328 e. The molecule has 0 aliphatic heterocycles. The number of hydrogen-bond donors (Lipinski definition) is 3. The molecule has 0 aromatic heterocycles. The molecular formula is C13H27N3O3. The van der Waals surface area contributed by atoms with Crippen LogP contribution >= 0.6 is 0 Å². The van der Waals surface area contributed by atoms with Crippen molar-refractivity contribution < 1.29 is 14.3 Å². The highest BCUT2D eigenvalue weighted by atomic mass is 16.5. The molecule has 19 heavy (non-hydrogen) atoms. The summed E-state index contributed by atoms with van der Waals surface area (Å²) >= 11 is 0. The lowest BCUT2D eigenvalue weighted by Gasteiger charge is -2.19. The molecular weight excluding hydrogens is 246 g/mol. The molecule has 0 heterocycles. The summed E-state index contributed by atoms with van der Waals surface area (Å²) < 4.78 is 4.92. The van der Waals surface area contributed by atoms with E-state index >= 15 is 0 Å². The van der Waals surface area contributed by atoms with E-state index in [0.29, 0.717) is 26.0 Å². The van der Waals surface area contributed by atoms with Crippen molar-refractivity contribution in [2.45, 2.75) is 58.0 Å². The Balaban J connectivity index is 4.25. The fourth-order valence-electron chi connectivity index (χ4n) is 1.70. The van der Waals surface area contributed by atoms with Gasteiger partial charge in [-0.1, -0.05) is 19.8 Å². The number of ether oxygens (including phenoxy) is 1. The highest BCUT2D eigenvalue weighted by molar-refractivity contribution is 5.87. The van der Waals surface area contributed by atoms with Crippen LogP contribution < -0.4 is 16.8 Å². The van der Waals surface area contributed by atoms with Gasteiger partial charge in [-0.05, 0) is 32.7 Å². The fraction of sp³-hybridized carbons (Fsp3) is 0.846. The zero-order valence-corrected chi connectivity index (χ0v) is 12.0. The average Bonchev–Trinajstić information content (AvgIpc) is 2.38. The number of hydrogen-bond acceptors (Lipinski definition) is 5. The Hall–Kier alpha value is -1.14. The van der Waals surface area contributed by atoms with Crippen molar-refractivity contribution in [3.8, 4) is 0 Å². The molecule has 0 aliphatic carbocycles. The number of nitrogens with one attached hydrogen (secondary N) is 1. The van der Waals surface area contributed by atoms with Gasteiger partial charge in [-0.25, -0.2) is 4.79 Å². The van der Waals surface area contributed by atoms with Gasteiger partial charge >= 0.3 is 5.97 Å². The second-order valence-electron chi connectivity index (χ2n) is 4.49. The molecule has 112 valence electrons. The lowest BCUT2D eigenvalue weighted by atomic mass is 10.1. The van der Waals surface area contributed by atoms with Crippen molar-refractivity contribution in [1.82, 2.24) is 5.32 Å². The first-order valence-corrected chi connectivity index (χ1v) is 6.99. The molecule has 0 unspecified atom stereocenters. The second-order valence-corrected chi connectivity index (χ2v) is 4.49. The Kier molecular flexibility index (Phi) is 10.1. The van der Waals surface area contributed by atoms with Crippen LogP contribution in [0.5, 0.6) is 0 Å². The van der Waals surface area contributed by atoms with Crippen LogP contribution in [0.2, 0.25) is 0 Å². The third kappa shape index (κ3) is 7.79. The number of nitrogens with two attached hydrogens (primary N) is 2. The number of esters is 1. The van der Waals surface area contributed by atoms with Gasteiger partial charge < -0.3 is 21.5 Å². The Bertz CT molecular complexity index is 272. The minimum absolute atomic E-state index is 0.302. The van der Waals surface area contributed by atoms with E-state index in [4.69, 9.17) is 16.2 Å². The second kappa shape index (κ2) is 10.8. The van der Waals surface area contributed by atoms with E-state index in [-0.39, 0.29) is 5.91 Å². The Morgan fingerprint density at radius 2 is 1.89 bits per heavy atom. The quantitative estimate of drug-likeness (QED) is 0.392. The summed E-state index contributed by atoms with van der Waals surface area (Å²) in [5.41, 5.74) is 11.2. The van der Waals surface area contributed by atoms with E-state index in [2.05, 4.69) is 5.32 Å². The Morgan fingerprint density at radius 3 is 2.42 bits per heavy atom. The monoisotopic (exact) mass is 273 g/mol. The van der Waals surface area contributed by atoms with Crippen LogP contribution in [-0.4, -0.2) is 37.1 Å². The minimum atomic E-state index is -0.599. The van der Waals surface area contributed by atoms with Crippen molar-refractivity contribution in [2.75, 3.05) is 13.2 Å². The summed E-state index contributed by atoms with van der Waals surface area (Å²) in [6.07, 6.45) is 3.57. The van der Waals surface area contributed by atoms with Gasteiger partial charge in [-0.3, -0.25) is 4.79 Å². The maximum atomic E-state index is 11.9. The van der Waals surface area contributed by atoms with Crippen molar-refractivity contribution in [1.29, 1.82) is 0 Å². The summed E-state index contributed by atoms with van der Waals surface area (Å²) in [5, 5.41) is 2.66. The number of rotatable bonds is 10. The lowest BCUT2D eigenvalue weighted by molar-refractivity contribution is -0.147. The maximum absolute atomic E-state index is 11.9. The Labute approximate surface area is 115 Å². The molecule has 5 N–H and O–H groups in total. The zero-order chi connectivity index (χ0) is 14.7. The van der Waals surface area contributed by atoms with E-state index in [0.717, 1.165) is 19.3 Å². The van der Waals surface area contributed by atoms with E-state index in [1.54, 1.807) is 6.92 Å². The summed E-state index contributed by atoms with van der Waals surface area (Å²) in [6, 6.07) is -1.20. The topological polar surface area (TPSA) is 107 Å². The standard InChI is InChI=1S/C13H27N3O3/c1-3-7-11(13(18)19-4-2)16-12(17)10(15)8-5-6-9-14/h10-11H,3-9,14-15H2,1-2H3,(H,16,17)/t10-,11-/m0/s1. The molecule has 0 saturated heterocycles. The fourth-order valence-corrected chi connectivity index (χ4v) is 1.70. The van der Waals surface area contributed by atoms with Crippen molar-refractivity contribution in [2.24, 2.45) is 11.5 Å².